The number of nitrogens with zero attached hydrogens (tertiary/aromatic N) is 2. The lowest BCUT2D eigenvalue weighted by Gasteiger charge is -2.33. The molecule has 0 aromatic heterocycles. The van der Waals surface area contributed by atoms with Gasteiger partial charge >= 0.3 is 6.03 Å². The van der Waals surface area contributed by atoms with Crippen molar-refractivity contribution in [1.82, 2.24) is 41.7 Å². The zero-order valence-electron chi connectivity index (χ0n) is 66.8. The monoisotopic (exact) mass is 1670 g/mol. The summed E-state index contributed by atoms with van der Waals surface area (Å²) in [7, 11) is 0. The first kappa shape index (κ1) is 105. The first-order chi connectivity index (χ1) is 55.8. The minimum absolute atomic E-state index is 0.0220. The molecule has 668 valence electrons. The Morgan fingerprint density at radius 2 is 0.819 bits per heavy atom. The predicted molar refractivity (Wildman–Crippen MR) is 411 cm³/mol. The number of nitrogens with two attached hydrogens (primary N) is 1. The van der Waals surface area contributed by atoms with Gasteiger partial charge in [0.2, 0.25) is 35.4 Å². The number of rotatable bonds is 76. The van der Waals surface area contributed by atoms with Gasteiger partial charge in [0.05, 0.1) is 191 Å². The van der Waals surface area contributed by atoms with E-state index in [1.165, 1.54) is 17.1 Å². The second kappa shape index (κ2) is 67.1. The van der Waals surface area contributed by atoms with E-state index in [1.807, 2.05) is 0 Å². The molecule has 42 heteroatoms. The van der Waals surface area contributed by atoms with E-state index < -0.39 is 152 Å². The van der Waals surface area contributed by atoms with Crippen LogP contribution in [0.25, 0.3) is 0 Å². The Morgan fingerprint density at radius 1 is 0.414 bits per heavy atom. The van der Waals surface area contributed by atoms with E-state index in [2.05, 4.69) is 37.2 Å². The van der Waals surface area contributed by atoms with E-state index in [0.717, 1.165) is 4.90 Å². The average molecular weight is 1670 g/mol. The van der Waals surface area contributed by atoms with Crippen LogP contribution in [0.1, 0.15) is 77.2 Å². The maximum atomic E-state index is 14.0. The highest BCUT2D eigenvalue weighted by atomic mass is 16.6. The number of aliphatic hydroxyl groups excluding tert-OH is 11. The Kier molecular flexibility index (Phi) is 60.9. The number of carbonyl (C=O) groups is 9. The van der Waals surface area contributed by atoms with Crippen molar-refractivity contribution in [2.75, 3.05) is 223 Å². The van der Waals surface area contributed by atoms with Crippen LogP contribution in [0.4, 0.5) is 10.5 Å². The van der Waals surface area contributed by atoms with Crippen molar-refractivity contribution >= 4 is 59.0 Å². The third-order valence-corrected chi connectivity index (χ3v) is 17.2. The molecule has 2 rings (SSSR count). The van der Waals surface area contributed by atoms with Crippen LogP contribution in [0.5, 0.6) is 0 Å². The average Bonchev–Trinajstić information content (AvgIpc) is 1.41. The normalized spacial score (nSPS) is 15.1. The third-order valence-electron chi connectivity index (χ3n) is 17.2. The molecular weight excluding hydrogens is 1540 g/mol. The lowest BCUT2D eigenvalue weighted by atomic mass is 10.0. The van der Waals surface area contributed by atoms with Crippen molar-refractivity contribution in [2.24, 2.45) is 11.7 Å². The summed E-state index contributed by atoms with van der Waals surface area (Å²) in [5, 5.41) is 127. The SMILES string of the molecule is CC(C)[C@H](NC(=O)[C@H](CCC(=O)NCCOCCOCCOCCOCCOCCOCCOCCOCCOCCOCCOCCOCCC(=O)NCCN(C[C@H](O)[C@@H](O)[C@H](O)[C@H](O)CO)C[C@H](O)[C@@H](O)[C@H](O)[C@H](O)CO)NC(=O)CCCCCN1C(=O)C=CC1=O)C(=O)N[C@@H](CCCNC(N)=O)C(=O)Nc1ccc(CO)cc1. The first-order valence-corrected chi connectivity index (χ1v) is 39.2. The zero-order chi connectivity index (χ0) is 85.5. The summed E-state index contributed by atoms with van der Waals surface area (Å²) in [6, 6.07) is 1.99. The summed E-state index contributed by atoms with van der Waals surface area (Å²) in [6.07, 6.45) is -11.2. The number of aliphatic hydroxyl groups is 11. The largest absolute Gasteiger partial charge is 0.394 e. The second-order valence-corrected chi connectivity index (χ2v) is 26.9. The smallest absolute Gasteiger partial charge is 0.312 e. The van der Waals surface area contributed by atoms with Crippen LogP contribution in [0.15, 0.2) is 36.4 Å². The summed E-state index contributed by atoms with van der Waals surface area (Å²) in [5.41, 5.74) is 6.20. The zero-order valence-corrected chi connectivity index (χ0v) is 66.8. The highest BCUT2D eigenvalue weighted by Gasteiger charge is 2.36. The number of hydrogen-bond acceptors (Lipinski definition) is 33. The first-order valence-electron chi connectivity index (χ1n) is 39.2. The number of hydrogen-bond donors (Lipinski definition) is 19. The number of amides is 10. The lowest BCUT2D eigenvalue weighted by Crippen LogP contribution is -2.58. The molecule has 0 spiro atoms. The quantitative estimate of drug-likeness (QED) is 0.0213. The maximum Gasteiger partial charge on any atom is 0.312 e. The molecule has 0 bridgehead atoms. The highest BCUT2D eigenvalue weighted by Crippen LogP contribution is 2.16. The number of ether oxygens (including phenoxy) is 12. The van der Waals surface area contributed by atoms with Gasteiger partial charge in [-0.1, -0.05) is 32.4 Å². The predicted octanol–water partition coefficient (Wildman–Crippen LogP) is -7.06. The summed E-state index contributed by atoms with van der Waals surface area (Å²) < 4.78 is 66.2. The van der Waals surface area contributed by atoms with E-state index in [1.54, 1.807) is 38.1 Å². The van der Waals surface area contributed by atoms with Gasteiger partial charge in [-0.25, -0.2) is 4.79 Å². The van der Waals surface area contributed by atoms with E-state index >= 15 is 0 Å². The molecule has 1 aliphatic heterocycles. The van der Waals surface area contributed by atoms with Crippen molar-refractivity contribution in [3.8, 4) is 0 Å². The van der Waals surface area contributed by atoms with Crippen LogP contribution in [0.2, 0.25) is 0 Å². The van der Waals surface area contributed by atoms with Gasteiger partial charge in [-0.15, -0.1) is 0 Å². The molecule has 0 saturated heterocycles. The Morgan fingerprint density at radius 3 is 1.24 bits per heavy atom. The molecule has 0 unspecified atom stereocenters. The number of primary amides is 1. The van der Waals surface area contributed by atoms with Crippen LogP contribution in [-0.2, 0) is 102 Å². The van der Waals surface area contributed by atoms with Crippen molar-refractivity contribution in [3.63, 3.8) is 0 Å². The fourth-order valence-electron chi connectivity index (χ4n) is 10.6. The van der Waals surface area contributed by atoms with Crippen molar-refractivity contribution in [2.45, 2.75) is 145 Å². The second-order valence-electron chi connectivity index (χ2n) is 26.9. The highest BCUT2D eigenvalue weighted by molar-refractivity contribution is 6.12. The molecule has 0 aliphatic carbocycles. The molecule has 0 fully saturated rings. The van der Waals surface area contributed by atoms with Gasteiger partial charge in [-0.05, 0) is 55.7 Å². The molecule has 0 radical (unpaired) electrons. The molecule has 1 aliphatic rings. The number of carbonyl (C=O) groups excluding carboxylic acids is 9. The number of nitrogens with one attached hydrogen (secondary N) is 7. The lowest BCUT2D eigenvalue weighted by molar-refractivity contribution is -0.137. The minimum Gasteiger partial charge on any atom is -0.394 e. The number of benzene rings is 1. The molecule has 1 aromatic carbocycles. The Hall–Kier alpha value is -6.77. The summed E-state index contributed by atoms with van der Waals surface area (Å²) >= 11 is 0. The summed E-state index contributed by atoms with van der Waals surface area (Å²) in [6.45, 7) is 8.32. The van der Waals surface area contributed by atoms with E-state index in [-0.39, 0.29) is 117 Å². The van der Waals surface area contributed by atoms with Gasteiger partial charge in [-0.2, -0.15) is 0 Å². The molecule has 1 aromatic rings. The maximum absolute atomic E-state index is 14.0. The van der Waals surface area contributed by atoms with Gasteiger partial charge in [0, 0.05) is 82.9 Å². The Labute approximate surface area is 676 Å². The van der Waals surface area contributed by atoms with E-state index in [9.17, 15) is 89.1 Å². The Bertz CT molecular complexity index is 2800. The topological polar surface area (TPSA) is 604 Å². The van der Waals surface area contributed by atoms with Crippen molar-refractivity contribution < 1.29 is 156 Å². The minimum atomic E-state index is -1.94. The molecule has 11 atom stereocenters. The Balaban J connectivity index is 1.48. The van der Waals surface area contributed by atoms with E-state index in [4.69, 9.17) is 72.8 Å². The molecule has 1 heterocycles. The third kappa shape index (κ3) is 50.9. The fraction of sp³-hybridized carbons (Fsp3) is 0.770. The van der Waals surface area contributed by atoms with E-state index in [0.29, 0.717) is 149 Å². The molecule has 0 saturated carbocycles. The number of unbranched alkanes of at least 4 members (excludes halogenated alkanes) is 2. The van der Waals surface area contributed by atoms with Gasteiger partial charge in [0.1, 0.15) is 54.7 Å². The molecule has 10 amide bonds. The van der Waals surface area contributed by atoms with Gasteiger partial charge in [0.15, 0.2) is 0 Å². The molecule has 116 heavy (non-hydrogen) atoms. The summed E-state index contributed by atoms with van der Waals surface area (Å²) in [5.74, 6) is -4.79. The van der Waals surface area contributed by atoms with Crippen LogP contribution in [0.3, 0.4) is 0 Å². The van der Waals surface area contributed by atoms with Crippen LogP contribution >= 0.6 is 0 Å². The van der Waals surface area contributed by atoms with Crippen LogP contribution in [-0.4, -0.2) is 404 Å². The van der Waals surface area contributed by atoms with Gasteiger partial charge < -0.3 is 156 Å². The number of imide groups is 1. The molecular formula is C74H130N10O32. The molecule has 20 N–H and O–H groups in total. The standard InChI is InChI=1S/C74H130N10O32/c1-52(2)66(73(103)81-55(7-6-18-78-74(75)104)71(101)79-54-11-9-53(49-85)10-12-54)82-72(102)56(80-63(94)8-4-3-5-21-84-64(95)15-16-65(84)96)13-14-61(92)77-20-24-106-26-28-108-30-32-110-34-36-112-38-40-114-42-44-116-46-45-115-43-41-113-39-37-111-35-33-109-31-29-107-27-25-105-23-17-62(93)76-19-22-83(47-57(88)67(97)69(99)59(90)50-86)48-58(89)68(98)70(100)60(91)51-87/h9-12,15-16,52,55-60,66-70,85-91,97-100H,3-8,13-14,17-51H2,1-2H3,(H,76,93)(H,77,92)(H,79,101)(H,80,94)(H,81,103)(H,82,102)(H3,75,78,104)/t55-,56-,57-,58-,59+,60+,66-,67+,68+,69+,70+/m0/s1. The molecule has 42 nitrogen and oxygen atoms in total. The van der Waals surface area contributed by atoms with Crippen molar-refractivity contribution in [1.29, 1.82) is 0 Å². The van der Waals surface area contributed by atoms with Gasteiger partial charge in [-0.3, -0.25) is 48.2 Å². The number of urea groups is 1. The van der Waals surface area contributed by atoms with Crippen molar-refractivity contribution in [3.05, 3.63) is 42.0 Å². The summed E-state index contributed by atoms with van der Waals surface area (Å²) in [4.78, 5) is 118. The van der Waals surface area contributed by atoms with Crippen LogP contribution in [0, 0.1) is 5.92 Å². The van der Waals surface area contributed by atoms with Gasteiger partial charge in [0.25, 0.3) is 11.8 Å². The number of anilines is 1. The fourth-order valence-corrected chi connectivity index (χ4v) is 10.6. The van der Waals surface area contributed by atoms with Crippen LogP contribution < -0.4 is 43.0 Å².